The van der Waals surface area contributed by atoms with Crippen LogP contribution in [0.4, 0.5) is 0 Å². The number of para-hydroxylation sites is 2. The van der Waals surface area contributed by atoms with Crippen LogP contribution in [0.3, 0.4) is 0 Å². The van der Waals surface area contributed by atoms with Crippen LogP contribution in [-0.2, 0) is 11.3 Å². The normalized spacial score (nSPS) is 12.3. The number of imidazole rings is 1. The van der Waals surface area contributed by atoms with E-state index in [1.54, 1.807) is 0 Å². The van der Waals surface area contributed by atoms with E-state index in [1.165, 1.54) is 0 Å². The van der Waals surface area contributed by atoms with Gasteiger partial charge in [0.05, 0.1) is 17.1 Å². The van der Waals surface area contributed by atoms with Gasteiger partial charge < -0.3 is 9.88 Å². The van der Waals surface area contributed by atoms with E-state index in [9.17, 15) is 4.79 Å². The molecule has 23 heavy (non-hydrogen) atoms. The molecule has 1 unspecified atom stereocenters. The Bertz CT molecular complexity index is 839. The van der Waals surface area contributed by atoms with Crippen LogP contribution in [0, 0.1) is 6.92 Å². The second-order valence-corrected chi connectivity index (χ2v) is 6.49. The number of fused-ring (bicyclic) bond motifs is 1. The van der Waals surface area contributed by atoms with Crippen LogP contribution in [0.1, 0.15) is 24.4 Å². The molecule has 2 aromatic carbocycles. The molecule has 0 radical (unpaired) electrons. The van der Waals surface area contributed by atoms with Crippen molar-refractivity contribution in [3.8, 4) is 0 Å². The summed E-state index contributed by atoms with van der Waals surface area (Å²) in [5.41, 5.74) is 2.98. The van der Waals surface area contributed by atoms with Crippen molar-refractivity contribution in [2.24, 2.45) is 0 Å². The first kappa shape index (κ1) is 15.7. The Balaban J connectivity index is 1.73. The van der Waals surface area contributed by atoms with Gasteiger partial charge in [0, 0.05) is 4.47 Å². The lowest BCUT2D eigenvalue weighted by molar-refractivity contribution is -0.122. The number of hydrogen-bond donors (Lipinski definition) is 1. The van der Waals surface area contributed by atoms with Gasteiger partial charge in [-0.15, -0.1) is 0 Å². The van der Waals surface area contributed by atoms with Gasteiger partial charge in [-0.1, -0.05) is 40.2 Å². The molecule has 1 atom stereocenters. The fraction of sp³-hybridized carbons (Fsp3) is 0.222. The molecule has 1 heterocycles. The predicted molar refractivity (Wildman–Crippen MR) is 95.2 cm³/mol. The van der Waals surface area contributed by atoms with Crippen LogP contribution < -0.4 is 5.32 Å². The fourth-order valence-corrected chi connectivity index (χ4v) is 2.93. The number of hydrogen-bond acceptors (Lipinski definition) is 2. The molecule has 0 fully saturated rings. The van der Waals surface area contributed by atoms with E-state index in [2.05, 4.69) is 26.2 Å². The van der Waals surface area contributed by atoms with Crippen molar-refractivity contribution in [1.29, 1.82) is 0 Å². The molecule has 5 heteroatoms. The minimum atomic E-state index is -0.0364. The van der Waals surface area contributed by atoms with Crippen molar-refractivity contribution in [3.05, 3.63) is 64.4 Å². The average Bonchev–Trinajstić information content (AvgIpc) is 2.84. The van der Waals surface area contributed by atoms with Crippen LogP contribution >= 0.6 is 15.9 Å². The van der Waals surface area contributed by atoms with E-state index < -0.39 is 0 Å². The van der Waals surface area contributed by atoms with Gasteiger partial charge in [-0.25, -0.2) is 4.98 Å². The molecule has 1 amide bonds. The summed E-state index contributed by atoms with van der Waals surface area (Å²) < 4.78 is 2.97. The van der Waals surface area contributed by atoms with E-state index in [-0.39, 0.29) is 18.5 Å². The summed E-state index contributed by atoms with van der Waals surface area (Å²) in [5.74, 6) is 0.823. The Labute approximate surface area is 143 Å². The monoisotopic (exact) mass is 371 g/mol. The molecule has 0 saturated heterocycles. The Morgan fingerprint density at radius 1 is 1.22 bits per heavy atom. The predicted octanol–water partition coefficient (Wildman–Crippen LogP) is 3.98. The molecule has 3 rings (SSSR count). The molecule has 1 N–H and O–H groups in total. The van der Waals surface area contributed by atoms with Gasteiger partial charge in [0.25, 0.3) is 0 Å². The topological polar surface area (TPSA) is 46.9 Å². The largest absolute Gasteiger partial charge is 0.348 e. The second-order valence-electron chi connectivity index (χ2n) is 5.57. The minimum Gasteiger partial charge on any atom is -0.348 e. The molecule has 0 aliphatic heterocycles. The molecule has 0 bridgehead atoms. The van der Waals surface area contributed by atoms with E-state index in [4.69, 9.17) is 0 Å². The van der Waals surface area contributed by atoms with Crippen molar-refractivity contribution in [3.63, 3.8) is 0 Å². The number of nitrogens with one attached hydrogen (secondary N) is 1. The first-order valence-corrected chi connectivity index (χ1v) is 8.30. The van der Waals surface area contributed by atoms with Gasteiger partial charge in [0.1, 0.15) is 12.4 Å². The highest BCUT2D eigenvalue weighted by Crippen LogP contribution is 2.18. The van der Waals surface area contributed by atoms with E-state index in [1.807, 2.05) is 66.9 Å². The molecule has 3 aromatic rings. The van der Waals surface area contributed by atoms with Crippen LogP contribution in [0.25, 0.3) is 11.0 Å². The van der Waals surface area contributed by atoms with Crippen molar-refractivity contribution in [1.82, 2.24) is 14.9 Å². The number of aryl methyl sites for hydroxylation is 1. The lowest BCUT2D eigenvalue weighted by Crippen LogP contribution is -2.30. The molecule has 4 nitrogen and oxygen atoms in total. The molecule has 0 spiro atoms. The molecular weight excluding hydrogens is 354 g/mol. The number of nitrogens with zero attached hydrogens (tertiary/aromatic N) is 2. The molecular formula is C18H18BrN3O. The third-order valence-electron chi connectivity index (χ3n) is 3.89. The summed E-state index contributed by atoms with van der Waals surface area (Å²) in [5, 5.41) is 3.04. The lowest BCUT2D eigenvalue weighted by atomic mass is 10.1. The van der Waals surface area contributed by atoms with Crippen molar-refractivity contribution >= 4 is 32.9 Å². The van der Waals surface area contributed by atoms with Crippen molar-refractivity contribution < 1.29 is 4.79 Å². The highest BCUT2D eigenvalue weighted by atomic mass is 79.9. The zero-order valence-electron chi connectivity index (χ0n) is 13.1. The number of amides is 1. The van der Waals surface area contributed by atoms with E-state index in [0.29, 0.717) is 0 Å². The SMILES string of the molecule is Cc1nc2ccccc2n1CC(=O)NC(C)c1ccc(Br)cc1. The Morgan fingerprint density at radius 3 is 2.65 bits per heavy atom. The molecule has 0 aliphatic rings. The van der Waals surface area contributed by atoms with Crippen LogP contribution in [0.2, 0.25) is 0 Å². The Kier molecular flexibility index (Phi) is 4.48. The molecule has 0 saturated carbocycles. The summed E-state index contributed by atoms with van der Waals surface area (Å²) in [6.45, 7) is 4.18. The molecule has 1 aromatic heterocycles. The van der Waals surface area contributed by atoms with Gasteiger partial charge >= 0.3 is 0 Å². The first-order valence-electron chi connectivity index (χ1n) is 7.51. The minimum absolute atomic E-state index is 0.0216. The Hall–Kier alpha value is -2.14. The van der Waals surface area contributed by atoms with Crippen molar-refractivity contribution in [2.45, 2.75) is 26.4 Å². The zero-order valence-corrected chi connectivity index (χ0v) is 14.7. The maximum atomic E-state index is 12.4. The average molecular weight is 372 g/mol. The number of rotatable bonds is 4. The highest BCUT2D eigenvalue weighted by molar-refractivity contribution is 9.10. The maximum absolute atomic E-state index is 12.4. The van der Waals surface area contributed by atoms with Crippen LogP contribution in [-0.4, -0.2) is 15.5 Å². The lowest BCUT2D eigenvalue weighted by Gasteiger charge is -2.15. The summed E-state index contributed by atoms with van der Waals surface area (Å²) in [6.07, 6.45) is 0. The standard InChI is InChI=1S/C18H18BrN3O/c1-12(14-7-9-15(19)10-8-14)20-18(23)11-22-13(2)21-16-5-3-4-6-17(16)22/h3-10,12H,11H2,1-2H3,(H,20,23). The summed E-state index contributed by atoms with van der Waals surface area (Å²) in [6, 6.07) is 15.8. The van der Waals surface area contributed by atoms with Gasteiger partial charge in [0.15, 0.2) is 0 Å². The first-order chi connectivity index (χ1) is 11.0. The Morgan fingerprint density at radius 2 is 1.91 bits per heavy atom. The fourth-order valence-electron chi connectivity index (χ4n) is 2.66. The quantitative estimate of drug-likeness (QED) is 0.753. The van der Waals surface area contributed by atoms with E-state index in [0.717, 1.165) is 26.9 Å². The summed E-state index contributed by atoms with van der Waals surface area (Å²) in [7, 11) is 0. The van der Waals surface area contributed by atoms with E-state index >= 15 is 0 Å². The highest BCUT2D eigenvalue weighted by Gasteiger charge is 2.13. The third-order valence-corrected chi connectivity index (χ3v) is 4.42. The molecule has 0 aliphatic carbocycles. The summed E-state index contributed by atoms with van der Waals surface area (Å²) in [4.78, 5) is 16.9. The second kappa shape index (κ2) is 6.54. The maximum Gasteiger partial charge on any atom is 0.240 e. The van der Waals surface area contributed by atoms with Gasteiger partial charge in [-0.3, -0.25) is 4.79 Å². The van der Waals surface area contributed by atoms with Gasteiger partial charge in [0.2, 0.25) is 5.91 Å². The van der Waals surface area contributed by atoms with Crippen LogP contribution in [0.5, 0.6) is 0 Å². The number of carbonyl (C=O) groups is 1. The van der Waals surface area contributed by atoms with Crippen LogP contribution in [0.15, 0.2) is 53.0 Å². The summed E-state index contributed by atoms with van der Waals surface area (Å²) >= 11 is 3.42. The van der Waals surface area contributed by atoms with Gasteiger partial charge in [-0.05, 0) is 43.7 Å². The van der Waals surface area contributed by atoms with Gasteiger partial charge in [-0.2, -0.15) is 0 Å². The zero-order chi connectivity index (χ0) is 16.4. The third kappa shape index (κ3) is 3.45. The number of aromatic nitrogens is 2. The smallest absolute Gasteiger partial charge is 0.240 e. The molecule has 118 valence electrons. The van der Waals surface area contributed by atoms with Crippen molar-refractivity contribution in [2.75, 3.05) is 0 Å². The number of carbonyl (C=O) groups excluding carboxylic acids is 1. The number of halogens is 1. The number of benzene rings is 2.